The van der Waals surface area contributed by atoms with Gasteiger partial charge in [-0.3, -0.25) is 4.79 Å². The lowest BCUT2D eigenvalue weighted by Gasteiger charge is -2.32. The van der Waals surface area contributed by atoms with Crippen LogP contribution in [0.2, 0.25) is 0 Å². The third kappa shape index (κ3) is 4.10. The first-order valence-corrected chi connectivity index (χ1v) is 12.0. The minimum atomic E-state index is 0.148. The number of piperidine rings is 1. The van der Waals surface area contributed by atoms with Crippen molar-refractivity contribution in [2.45, 2.75) is 58.4 Å². The van der Waals surface area contributed by atoms with Crippen molar-refractivity contribution in [2.24, 2.45) is 5.92 Å². The number of fused-ring (bicyclic) bond motifs is 1. The van der Waals surface area contributed by atoms with E-state index in [0.717, 1.165) is 72.1 Å². The molecule has 5 rings (SSSR count). The lowest BCUT2D eigenvalue weighted by Crippen LogP contribution is -2.38. The smallest absolute Gasteiger partial charge is 0.254 e. The number of benzene rings is 1. The molecule has 0 spiro atoms. The fraction of sp³-hybridized carbons (Fsp3) is 0.500. The molecule has 1 aliphatic heterocycles. The molecule has 6 nitrogen and oxygen atoms in total. The zero-order valence-electron chi connectivity index (χ0n) is 19.3. The Morgan fingerprint density at radius 3 is 2.59 bits per heavy atom. The molecule has 2 aromatic heterocycles. The van der Waals surface area contributed by atoms with Gasteiger partial charge in [0.05, 0.1) is 11.8 Å². The summed E-state index contributed by atoms with van der Waals surface area (Å²) in [6.45, 7) is 8.90. The third-order valence-electron chi connectivity index (χ3n) is 6.97. The van der Waals surface area contributed by atoms with Crippen molar-refractivity contribution < 1.29 is 4.79 Å². The summed E-state index contributed by atoms with van der Waals surface area (Å²) in [5.74, 6) is 2.20. The number of hydrogen-bond donors (Lipinski definition) is 1. The molecule has 0 unspecified atom stereocenters. The van der Waals surface area contributed by atoms with Gasteiger partial charge in [-0.1, -0.05) is 18.2 Å². The molecule has 3 heterocycles. The Morgan fingerprint density at radius 1 is 1.16 bits per heavy atom. The Hall–Kier alpha value is -2.89. The predicted octanol–water partition coefficient (Wildman–Crippen LogP) is 5.16. The van der Waals surface area contributed by atoms with Gasteiger partial charge in [0, 0.05) is 42.9 Å². The van der Waals surface area contributed by atoms with Gasteiger partial charge >= 0.3 is 0 Å². The zero-order chi connectivity index (χ0) is 22.2. The summed E-state index contributed by atoms with van der Waals surface area (Å²) in [6, 6.07) is 10.4. The molecule has 0 atom stereocenters. The van der Waals surface area contributed by atoms with Crippen LogP contribution in [0.5, 0.6) is 0 Å². The summed E-state index contributed by atoms with van der Waals surface area (Å²) in [4.78, 5) is 24.8. The van der Waals surface area contributed by atoms with Gasteiger partial charge in [0.1, 0.15) is 5.52 Å². The fourth-order valence-corrected chi connectivity index (χ4v) is 4.72. The molecule has 32 heavy (non-hydrogen) atoms. The number of imidazole rings is 1. The second kappa shape index (κ2) is 8.57. The summed E-state index contributed by atoms with van der Waals surface area (Å²) in [5, 5.41) is 3.58. The van der Waals surface area contributed by atoms with Crippen molar-refractivity contribution in [1.82, 2.24) is 19.4 Å². The molecule has 3 aromatic rings. The Balaban J connectivity index is 1.37. The minimum Gasteiger partial charge on any atom is -0.368 e. The van der Waals surface area contributed by atoms with E-state index in [2.05, 4.69) is 34.8 Å². The van der Waals surface area contributed by atoms with Crippen molar-refractivity contribution in [3.05, 3.63) is 53.5 Å². The monoisotopic (exact) mass is 431 g/mol. The first-order valence-electron chi connectivity index (χ1n) is 12.0. The van der Waals surface area contributed by atoms with Gasteiger partial charge in [-0.25, -0.2) is 9.97 Å². The topological polar surface area (TPSA) is 63.1 Å². The number of hydrogen-bond acceptors (Lipinski definition) is 4. The maximum atomic E-state index is 13.0. The number of pyridine rings is 1. The molecule has 1 amide bonds. The summed E-state index contributed by atoms with van der Waals surface area (Å²) < 4.78 is 2.24. The molecule has 168 valence electrons. The van der Waals surface area contributed by atoms with Crippen LogP contribution in [-0.4, -0.2) is 45.0 Å². The zero-order valence-corrected chi connectivity index (χ0v) is 19.3. The molecule has 2 fully saturated rings. The molecule has 1 N–H and O–H groups in total. The van der Waals surface area contributed by atoms with Crippen LogP contribution in [0, 0.1) is 12.8 Å². The van der Waals surface area contributed by atoms with E-state index in [1.54, 1.807) is 0 Å². The summed E-state index contributed by atoms with van der Waals surface area (Å²) in [7, 11) is 0. The average molecular weight is 432 g/mol. The fourth-order valence-electron chi connectivity index (χ4n) is 4.72. The molecular weight excluding hydrogens is 398 g/mol. The van der Waals surface area contributed by atoms with E-state index in [1.165, 1.54) is 12.8 Å². The van der Waals surface area contributed by atoms with E-state index in [-0.39, 0.29) is 5.91 Å². The molecule has 1 saturated heterocycles. The first-order chi connectivity index (χ1) is 15.5. The average Bonchev–Trinajstić information content (AvgIpc) is 3.53. The summed E-state index contributed by atoms with van der Waals surface area (Å²) in [6.07, 6.45) is 6.43. The van der Waals surface area contributed by atoms with Gasteiger partial charge in [-0.05, 0) is 70.1 Å². The number of aryl methyl sites for hydroxylation is 1. The van der Waals surface area contributed by atoms with Gasteiger partial charge < -0.3 is 14.8 Å². The van der Waals surface area contributed by atoms with E-state index in [0.29, 0.717) is 12.0 Å². The van der Waals surface area contributed by atoms with Crippen LogP contribution in [-0.2, 0) is 0 Å². The molecule has 1 aromatic carbocycles. The van der Waals surface area contributed by atoms with E-state index in [9.17, 15) is 4.79 Å². The van der Waals surface area contributed by atoms with Crippen LogP contribution in [0.3, 0.4) is 0 Å². The number of rotatable bonds is 6. The van der Waals surface area contributed by atoms with E-state index < -0.39 is 0 Å². The summed E-state index contributed by atoms with van der Waals surface area (Å²) >= 11 is 0. The number of likely N-dealkylation sites (tertiary alicyclic amines) is 1. The standard InChI is InChI=1S/C26H33N5O/c1-17(2)31-16-28-24-23(31)14-22(29-25(24)27-15-19-8-9-19)20-10-12-30(13-11-20)26(32)21-7-5-4-6-18(21)3/h4-7,14,16-17,19-20H,8-13,15H2,1-3H3,(H,27,29). The maximum Gasteiger partial charge on any atom is 0.254 e. The molecule has 6 heteroatoms. The highest BCUT2D eigenvalue weighted by molar-refractivity contribution is 5.95. The second-order valence-corrected chi connectivity index (χ2v) is 9.71. The second-order valence-electron chi connectivity index (χ2n) is 9.71. The van der Waals surface area contributed by atoms with Gasteiger partial charge in [0.25, 0.3) is 5.91 Å². The molecule has 0 radical (unpaired) electrons. The van der Waals surface area contributed by atoms with Crippen LogP contribution >= 0.6 is 0 Å². The Morgan fingerprint density at radius 2 is 1.91 bits per heavy atom. The number of aromatic nitrogens is 3. The maximum absolute atomic E-state index is 13.0. The highest BCUT2D eigenvalue weighted by Crippen LogP contribution is 2.34. The van der Waals surface area contributed by atoms with Gasteiger partial charge in [0.15, 0.2) is 5.82 Å². The number of carbonyl (C=O) groups is 1. The molecule has 1 saturated carbocycles. The largest absolute Gasteiger partial charge is 0.368 e. The van der Waals surface area contributed by atoms with Crippen LogP contribution in [0.4, 0.5) is 5.82 Å². The molecule has 2 aliphatic rings. The van der Waals surface area contributed by atoms with Crippen LogP contribution in [0.1, 0.15) is 73.1 Å². The van der Waals surface area contributed by atoms with Crippen molar-refractivity contribution in [3.8, 4) is 0 Å². The number of nitrogens with zero attached hydrogens (tertiary/aromatic N) is 4. The Labute approximate surface area is 190 Å². The molecule has 1 aliphatic carbocycles. The van der Waals surface area contributed by atoms with Crippen LogP contribution in [0.25, 0.3) is 11.0 Å². The SMILES string of the molecule is Cc1ccccc1C(=O)N1CCC(c2cc3c(ncn3C(C)C)c(NCC3CC3)n2)CC1. The first kappa shape index (κ1) is 21.0. The summed E-state index contributed by atoms with van der Waals surface area (Å²) in [5.41, 5.74) is 5.11. The quantitative estimate of drug-likeness (QED) is 0.585. The lowest BCUT2D eigenvalue weighted by atomic mass is 9.92. The molecule has 0 bridgehead atoms. The number of amides is 1. The van der Waals surface area contributed by atoms with Gasteiger partial charge in [0.2, 0.25) is 0 Å². The normalized spacial score (nSPS) is 17.3. The Bertz CT molecular complexity index is 1120. The molecular formula is C26H33N5O. The highest BCUT2D eigenvalue weighted by Gasteiger charge is 2.28. The van der Waals surface area contributed by atoms with E-state index in [1.807, 2.05) is 42.4 Å². The van der Waals surface area contributed by atoms with Crippen molar-refractivity contribution >= 4 is 22.8 Å². The van der Waals surface area contributed by atoms with Gasteiger partial charge in [-0.15, -0.1) is 0 Å². The van der Waals surface area contributed by atoms with E-state index >= 15 is 0 Å². The van der Waals surface area contributed by atoms with Gasteiger partial charge in [-0.2, -0.15) is 0 Å². The lowest BCUT2D eigenvalue weighted by molar-refractivity contribution is 0.0711. The Kier molecular flexibility index (Phi) is 5.62. The van der Waals surface area contributed by atoms with Crippen molar-refractivity contribution in [2.75, 3.05) is 25.0 Å². The highest BCUT2D eigenvalue weighted by atomic mass is 16.2. The third-order valence-corrected chi connectivity index (χ3v) is 6.97. The van der Waals surface area contributed by atoms with Crippen LogP contribution in [0.15, 0.2) is 36.7 Å². The minimum absolute atomic E-state index is 0.148. The predicted molar refractivity (Wildman–Crippen MR) is 128 cm³/mol. The number of carbonyl (C=O) groups excluding carboxylic acids is 1. The number of nitrogens with one attached hydrogen (secondary N) is 1. The van der Waals surface area contributed by atoms with E-state index in [4.69, 9.17) is 4.98 Å². The van der Waals surface area contributed by atoms with Crippen LogP contribution < -0.4 is 5.32 Å². The number of anilines is 1. The van der Waals surface area contributed by atoms with Crippen molar-refractivity contribution in [3.63, 3.8) is 0 Å². The van der Waals surface area contributed by atoms with Crippen molar-refractivity contribution in [1.29, 1.82) is 0 Å².